The van der Waals surface area contributed by atoms with Crippen molar-refractivity contribution < 1.29 is 9.18 Å². The van der Waals surface area contributed by atoms with Crippen molar-refractivity contribution in [3.8, 4) is 0 Å². The Bertz CT molecular complexity index is 884. The van der Waals surface area contributed by atoms with Gasteiger partial charge in [-0.3, -0.25) is 4.79 Å². The van der Waals surface area contributed by atoms with Crippen molar-refractivity contribution in [1.29, 1.82) is 0 Å². The van der Waals surface area contributed by atoms with Crippen LogP contribution in [-0.2, 0) is 4.79 Å². The number of carbonyl (C=O) groups excluding carboxylic acids is 1. The number of hydrogen-bond acceptors (Lipinski definition) is 4. The van der Waals surface area contributed by atoms with Gasteiger partial charge in [0, 0.05) is 37.0 Å². The van der Waals surface area contributed by atoms with Gasteiger partial charge in [0.25, 0.3) is 0 Å². The molecule has 0 spiro atoms. The Hall–Kier alpha value is -2.96. The molecule has 4 rings (SSSR count). The molecule has 25 heavy (non-hydrogen) atoms. The minimum absolute atomic E-state index is 0.00905. The van der Waals surface area contributed by atoms with Gasteiger partial charge in [-0.1, -0.05) is 0 Å². The van der Waals surface area contributed by atoms with Crippen LogP contribution >= 0.6 is 0 Å². The summed E-state index contributed by atoms with van der Waals surface area (Å²) in [6.45, 7) is 1.56. The second-order valence-corrected chi connectivity index (χ2v) is 6.16. The quantitative estimate of drug-likeness (QED) is 0.797. The molecule has 6 nitrogen and oxygen atoms in total. The summed E-state index contributed by atoms with van der Waals surface area (Å²) in [6.07, 6.45) is 5.03. The molecule has 1 saturated heterocycles. The van der Waals surface area contributed by atoms with Gasteiger partial charge in [-0.15, -0.1) is 0 Å². The lowest BCUT2D eigenvalue weighted by Crippen LogP contribution is -2.39. The Morgan fingerprint density at radius 1 is 1.08 bits per heavy atom. The molecule has 0 aliphatic carbocycles. The third-order valence-corrected chi connectivity index (χ3v) is 4.57. The highest BCUT2D eigenvalue weighted by molar-refractivity contribution is 5.92. The lowest BCUT2D eigenvalue weighted by Gasteiger charge is -2.32. The number of carbonyl (C=O) groups is 1. The Morgan fingerprint density at radius 3 is 2.60 bits per heavy atom. The van der Waals surface area contributed by atoms with Crippen LogP contribution in [0.5, 0.6) is 0 Å². The third kappa shape index (κ3) is 3.17. The van der Waals surface area contributed by atoms with Crippen LogP contribution in [0.3, 0.4) is 0 Å². The molecule has 1 N–H and O–H groups in total. The minimum Gasteiger partial charge on any atom is -0.356 e. The van der Waals surface area contributed by atoms with Crippen LogP contribution < -0.4 is 10.2 Å². The van der Waals surface area contributed by atoms with Crippen molar-refractivity contribution in [3.63, 3.8) is 0 Å². The van der Waals surface area contributed by atoms with E-state index in [2.05, 4.69) is 20.3 Å². The standard InChI is InChI=1S/C18H18FN5O/c19-14-1-3-15(4-2-14)22-18(25)13-7-11-23(12-8-13)17-6-9-20-16-5-10-21-24(16)17/h1-6,9-10,13H,7-8,11-12H2,(H,22,25). The fraction of sp³-hybridized carbons (Fsp3) is 0.278. The number of hydrogen-bond donors (Lipinski definition) is 1. The van der Waals surface area contributed by atoms with Gasteiger partial charge in [0.2, 0.25) is 5.91 Å². The van der Waals surface area contributed by atoms with Crippen LogP contribution in [0.2, 0.25) is 0 Å². The number of aromatic nitrogens is 3. The highest BCUT2D eigenvalue weighted by atomic mass is 19.1. The van der Waals surface area contributed by atoms with Crippen LogP contribution in [0.4, 0.5) is 15.9 Å². The second-order valence-electron chi connectivity index (χ2n) is 6.16. The molecule has 0 radical (unpaired) electrons. The van der Waals surface area contributed by atoms with Crippen LogP contribution in [0.15, 0.2) is 48.8 Å². The van der Waals surface area contributed by atoms with Crippen molar-refractivity contribution in [3.05, 3.63) is 54.6 Å². The zero-order valence-electron chi connectivity index (χ0n) is 13.6. The van der Waals surface area contributed by atoms with E-state index < -0.39 is 0 Å². The number of fused-ring (bicyclic) bond motifs is 1. The molecule has 0 atom stereocenters. The molecule has 7 heteroatoms. The van der Waals surface area contributed by atoms with E-state index in [0.29, 0.717) is 5.69 Å². The smallest absolute Gasteiger partial charge is 0.227 e. The number of nitrogens with one attached hydrogen (secondary N) is 1. The van der Waals surface area contributed by atoms with Gasteiger partial charge in [0.1, 0.15) is 11.6 Å². The minimum atomic E-state index is -0.311. The maximum absolute atomic E-state index is 12.9. The van der Waals surface area contributed by atoms with Crippen molar-refractivity contribution in [2.24, 2.45) is 5.92 Å². The average Bonchev–Trinajstić information content (AvgIpc) is 3.12. The molecule has 0 saturated carbocycles. The first-order valence-corrected chi connectivity index (χ1v) is 8.31. The molecule has 1 amide bonds. The predicted octanol–water partition coefficient (Wildman–Crippen LogP) is 2.72. The summed E-state index contributed by atoms with van der Waals surface area (Å²) in [4.78, 5) is 18.9. The Kier molecular flexibility index (Phi) is 4.05. The number of piperidine rings is 1. The van der Waals surface area contributed by atoms with E-state index in [9.17, 15) is 9.18 Å². The van der Waals surface area contributed by atoms with Crippen molar-refractivity contribution in [1.82, 2.24) is 14.6 Å². The summed E-state index contributed by atoms with van der Waals surface area (Å²) in [6, 6.07) is 9.65. The van der Waals surface area contributed by atoms with Crippen LogP contribution in [0.1, 0.15) is 12.8 Å². The normalized spacial score (nSPS) is 15.5. The molecule has 128 valence electrons. The Balaban J connectivity index is 1.40. The largest absolute Gasteiger partial charge is 0.356 e. The zero-order chi connectivity index (χ0) is 17.2. The molecule has 1 aliphatic heterocycles. The predicted molar refractivity (Wildman–Crippen MR) is 93.0 cm³/mol. The van der Waals surface area contributed by atoms with Crippen LogP contribution in [-0.4, -0.2) is 33.6 Å². The molecule has 3 aromatic rings. The van der Waals surface area contributed by atoms with Gasteiger partial charge in [-0.2, -0.15) is 9.61 Å². The van der Waals surface area contributed by atoms with E-state index >= 15 is 0 Å². The summed E-state index contributed by atoms with van der Waals surface area (Å²) in [5, 5.41) is 7.18. The summed E-state index contributed by atoms with van der Waals surface area (Å²) < 4.78 is 14.8. The number of amides is 1. The number of anilines is 2. The van der Waals surface area contributed by atoms with E-state index in [4.69, 9.17) is 0 Å². The third-order valence-electron chi connectivity index (χ3n) is 4.57. The van der Waals surface area contributed by atoms with Gasteiger partial charge in [0.05, 0.1) is 6.20 Å². The number of nitrogens with zero attached hydrogens (tertiary/aromatic N) is 4. The molecule has 1 fully saturated rings. The van der Waals surface area contributed by atoms with Crippen molar-refractivity contribution in [2.45, 2.75) is 12.8 Å². The van der Waals surface area contributed by atoms with Crippen LogP contribution in [0.25, 0.3) is 5.65 Å². The maximum atomic E-state index is 12.9. The van der Waals surface area contributed by atoms with Crippen molar-refractivity contribution in [2.75, 3.05) is 23.3 Å². The fourth-order valence-electron chi connectivity index (χ4n) is 3.21. The first-order valence-electron chi connectivity index (χ1n) is 8.31. The molecular weight excluding hydrogens is 321 g/mol. The molecule has 2 aromatic heterocycles. The topological polar surface area (TPSA) is 62.5 Å². The first-order chi connectivity index (χ1) is 12.2. The fourth-order valence-corrected chi connectivity index (χ4v) is 3.21. The monoisotopic (exact) mass is 339 g/mol. The molecule has 0 bridgehead atoms. The van der Waals surface area contributed by atoms with Gasteiger partial charge in [-0.25, -0.2) is 9.37 Å². The Morgan fingerprint density at radius 2 is 1.84 bits per heavy atom. The molecule has 0 unspecified atom stereocenters. The van der Waals surface area contributed by atoms with Crippen molar-refractivity contribution >= 4 is 23.1 Å². The zero-order valence-corrected chi connectivity index (χ0v) is 13.6. The van der Waals surface area contributed by atoms with Gasteiger partial charge < -0.3 is 10.2 Å². The molecule has 1 aliphatic rings. The molecular formula is C18H18FN5O. The van der Waals surface area contributed by atoms with E-state index in [0.717, 1.165) is 37.4 Å². The first kappa shape index (κ1) is 15.6. The summed E-state index contributed by atoms with van der Waals surface area (Å²) >= 11 is 0. The summed E-state index contributed by atoms with van der Waals surface area (Å²) in [5.74, 6) is 0.627. The lowest BCUT2D eigenvalue weighted by atomic mass is 9.96. The maximum Gasteiger partial charge on any atom is 0.227 e. The Labute approximate surface area is 144 Å². The number of benzene rings is 1. The van der Waals surface area contributed by atoms with Gasteiger partial charge in [0.15, 0.2) is 5.65 Å². The molecule has 1 aromatic carbocycles. The summed E-state index contributed by atoms with van der Waals surface area (Å²) in [5.41, 5.74) is 1.44. The van der Waals surface area contributed by atoms with E-state index in [1.54, 1.807) is 24.5 Å². The number of rotatable bonds is 3. The highest BCUT2D eigenvalue weighted by Crippen LogP contribution is 2.24. The van der Waals surface area contributed by atoms with E-state index in [1.165, 1.54) is 12.1 Å². The van der Waals surface area contributed by atoms with Gasteiger partial charge in [-0.05, 0) is 43.2 Å². The van der Waals surface area contributed by atoms with E-state index in [1.807, 2.05) is 16.6 Å². The SMILES string of the molecule is O=C(Nc1ccc(F)cc1)C1CCN(c2ccnc3ccnn23)CC1. The lowest BCUT2D eigenvalue weighted by molar-refractivity contribution is -0.120. The molecule has 3 heterocycles. The van der Waals surface area contributed by atoms with Gasteiger partial charge >= 0.3 is 0 Å². The average molecular weight is 339 g/mol. The second kappa shape index (κ2) is 6.51. The van der Waals surface area contributed by atoms with Crippen LogP contribution in [0, 0.1) is 11.7 Å². The highest BCUT2D eigenvalue weighted by Gasteiger charge is 2.26. The van der Waals surface area contributed by atoms with E-state index in [-0.39, 0.29) is 17.6 Å². The number of halogens is 1. The summed E-state index contributed by atoms with van der Waals surface area (Å²) in [7, 11) is 0.